The molecule has 2 aromatic carbocycles. The van der Waals surface area contributed by atoms with Gasteiger partial charge in [-0.1, -0.05) is 36.0 Å². The van der Waals surface area contributed by atoms with Gasteiger partial charge in [-0.15, -0.1) is 0 Å². The van der Waals surface area contributed by atoms with Crippen LogP contribution in [0.3, 0.4) is 0 Å². The van der Waals surface area contributed by atoms with Crippen molar-refractivity contribution in [3.63, 3.8) is 0 Å². The van der Waals surface area contributed by atoms with E-state index in [1.165, 1.54) is 30.3 Å². The van der Waals surface area contributed by atoms with Crippen molar-refractivity contribution in [3.8, 4) is 0 Å². The zero-order chi connectivity index (χ0) is 20.4. The van der Waals surface area contributed by atoms with E-state index in [9.17, 15) is 9.59 Å². The lowest BCUT2D eigenvalue weighted by atomic mass is 10.1. The van der Waals surface area contributed by atoms with Gasteiger partial charge in [0, 0.05) is 24.3 Å². The van der Waals surface area contributed by atoms with Crippen molar-refractivity contribution in [1.82, 2.24) is 10.4 Å². The summed E-state index contributed by atoms with van der Waals surface area (Å²) < 4.78 is 0.317. The molecule has 29 heavy (non-hydrogen) atoms. The normalized spacial score (nSPS) is 18.0. The largest absolute Gasteiger partial charge is 0.372 e. The van der Waals surface area contributed by atoms with E-state index < -0.39 is 0 Å². The molecule has 2 heterocycles. The van der Waals surface area contributed by atoms with Crippen LogP contribution in [0.25, 0.3) is 6.08 Å². The highest BCUT2D eigenvalue weighted by Gasteiger charge is 2.33. The number of hydrogen-bond acceptors (Lipinski definition) is 5. The molecule has 2 aliphatic rings. The first-order valence-corrected chi connectivity index (χ1v) is 10.7. The molecule has 4 rings (SSSR count). The number of aryl methyl sites for hydroxylation is 1. The lowest BCUT2D eigenvalue weighted by Gasteiger charge is -2.18. The average Bonchev–Trinajstić information content (AvgIpc) is 3.35. The molecular formula is C22H21N3O2S2. The lowest BCUT2D eigenvalue weighted by molar-refractivity contribution is -0.123. The number of carbonyl (C=O) groups excluding carboxylic acids is 2. The summed E-state index contributed by atoms with van der Waals surface area (Å²) >= 11 is 6.51. The van der Waals surface area contributed by atoms with Gasteiger partial charge in [0.25, 0.3) is 11.8 Å². The van der Waals surface area contributed by atoms with Crippen LogP contribution >= 0.6 is 24.0 Å². The van der Waals surface area contributed by atoms with E-state index in [4.69, 9.17) is 12.2 Å². The van der Waals surface area contributed by atoms with Crippen LogP contribution in [0.5, 0.6) is 0 Å². The first-order chi connectivity index (χ1) is 14.0. The Labute approximate surface area is 179 Å². The molecule has 2 fully saturated rings. The van der Waals surface area contributed by atoms with Crippen LogP contribution in [0, 0.1) is 6.92 Å². The predicted molar refractivity (Wildman–Crippen MR) is 122 cm³/mol. The van der Waals surface area contributed by atoms with Crippen molar-refractivity contribution in [3.05, 3.63) is 70.1 Å². The highest BCUT2D eigenvalue weighted by Crippen LogP contribution is 2.33. The molecule has 0 unspecified atom stereocenters. The van der Waals surface area contributed by atoms with E-state index in [1.807, 2.05) is 25.1 Å². The van der Waals surface area contributed by atoms with Crippen LogP contribution in [0.2, 0.25) is 0 Å². The Kier molecular flexibility index (Phi) is 5.69. The SMILES string of the molecule is Cc1cc(N2CCCC2)ccc1/C=C1/SC(=S)N(NC(=O)c2ccccc2)C1=O. The Hall–Kier alpha value is -2.64. The summed E-state index contributed by atoms with van der Waals surface area (Å²) in [6.45, 7) is 4.24. The number of benzene rings is 2. The Bertz CT molecular complexity index is 998. The summed E-state index contributed by atoms with van der Waals surface area (Å²) in [5.74, 6) is -0.679. The molecule has 0 spiro atoms. The highest BCUT2D eigenvalue weighted by atomic mass is 32.2. The number of thiocarbonyl (C=S) groups is 1. The number of nitrogens with zero attached hydrogens (tertiary/aromatic N) is 2. The molecule has 2 saturated heterocycles. The van der Waals surface area contributed by atoms with Crippen LogP contribution < -0.4 is 10.3 Å². The highest BCUT2D eigenvalue weighted by molar-refractivity contribution is 8.26. The number of thioether (sulfide) groups is 1. The van der Waals surface area contributed by atoms with Gasteiger partial charge < -0.3 is 4.90 Å². The van der Waals surface area contributed by atoms with E-state index in [1.54, 1.807) is 24.3 Å². The quantitative estimate of drug-likeness (QED) is 0.592. The molecule has 5 nitrogen and oxygen atoms in total. The first-order valence-electron chi connectivity index (χ1n) is 9.52. The second-order valence-corrected chi connectivity index (χ2v) is 8.73. The third kappa shape index (κ3) is 4.21. The van der Waals surface area contributed by atoms with Crippen molar-refractivity contribution in [1.29, 1.82) is 0 Å². The number of anilines is 1. The van der Waals surface area contributed by atoms with E-state index in [0.717, 1.165) is 29.2 Å². The molecule has 0 atom stereocenters. The van der Waals surface area contributed by atoms with Crippen LogP contribution in [0.15, 0.2) is 53.4 Å². The van der Waals surface area contributed by atoms with Crippen molar-refractivity contribution < 1.29 is 9.59 Å². The maximum absolute atomic E-state index is 12.8. The van der Waals surface area contributed by atoms with Gasteiger partial charge in [0.2, 0.25) is 0 Å². The molecule has 2 aliphatic heterocycles. The van der Waals surface area contributed by atoms with Gasteiger partial charge in [-0.25, -0.2) is 0 Å². The van der Waals surface area contributed by atoms with Crippen molar-refractivity contribution >= 4 is 51.9 Å². The summed E-state index contributed by atoms with van der Waals surface area (Å²) in [4.78, 5) is 28.1. The molecule has 1 N–H and O–H groups in total. The minimum Gasteiger partial charge on any atom is -0.372 e. The standard InChI is InChI=1S/C22H21N3O2S2/c1-15-13-18(24-11-5-6-12-24)10-9-17(15)14-19-21(27)25(22(28)29-19)23-20(26)16-7-3-2-4-8-16/h2-4,7-10,13-14H,5-6,11-12H2,1H3,(H,23,26)/b19-14+. The molecule has 0 radical (unpaired) electrons. The summed E-state index contributed by atoms with van der Waals surface area (Å²) in [7, 11) is 0. The minimum atomic E-state index is -0.366. The number of hydrogen-bond donors (Lipinski definition) is 1. The molecule has 148 valence electrons. The molecule has 7 heteroatoms. The monoisotopic (exact) mass is 423 g/mol. The van der Waals surface area contributed by atoms with Crippen LogP contribution in [0.4, 0.5) is 5.69 Å². The van der Waals surface area contributed by atoms with Crippen LogP contribution in [-0.4, -0.2) is 34.2 Å². The summed E-state index contributed by atoms with van der Waals surface area (Å²) in [6, 6.07) is 15.1. The number of nitrogens with one attached hydrogen (secondary N) is 1. The van der Waals surface area contributed by atoms with Crippen LogP contribution in [-0.2, 0) is 4.79 Å². The summed E-state index contributed by atoms with van der Waals surface area (Å²) in [5, 5.41) is 1.15. The van der Waals surface area contributed by atoms with E-state index in [-0.39, 0.29) is 11.8 Å². The number of carbonyl (C=O) groups is 2. The van der Waals surface area contributed by atoms with Gasteiger partial charge in [0.05, 0.1) is 4.91 Å². The van der Waals surface area contributed by atoms with Gasteiger partial charge in [0.15, 0.2) is 4.32 Å². The van der Waals surface area contributed by atoms with Gasteiger partial charge >= 0.3 is 0 Å². The Morgan fingerprint density at radius 1 is 1.14 bits per heavy atom. The smallest absolute Gasteiger partial charge is 0.285 e. The van der Waals surface area contributed by atoms with Crippen molar-refractivity contribution in [2.45, 2.75) is 19.8 Å². The zero-order valence-corrected chi connectivity index (χ0v) is 17.7. The topological polar surface area (TPSA) is 52.6 Å². The number of amides is 2. The van der Waals surface area contributed by atoms with Gasteiger partial charge in [-0.3, -0.25) is 15.0 Å². The van der Waals surface area contributed by atoms with Gasteiger partial charge in [0.1, 0.15) is 0 Å². The number of rotatable bonds is 4. The molecule has 0 aliphatic carbocycles. The second-order valence-electron chi connectivity index (χ2n) is 7.06. The van der Waals surface area contributed by atoms with Gasteiger partial charge in [-0.05, 0) is 73.5 Å². The molecule has 0 bridgehead atoms. The first kappa shape index (κ1) is 19.7. The van der Waals surface area contributed by atoms with Crippen molar-refractivity contribution in [2.75, 3.05) is 18.0 Å². The maximum Gasteiger partial charge on any atom is 0.285 e. The summed E-state index contributed by atoms with van der Waals surface area (Å²) in [6.07, 6.45) is 4.31. The Morgan fingerprint density at radius 2 is 1.86 bits per heavy atom. The van der Waals surface area contributed by atoms with E-state index >= 15 is 0 Å². The third-order valence-electron chi connectivity index (χ3n) is 5.05. The Morgan fingerprint density at radius 3 is 2.55 bits per heavy atom. The fourth-order valence-electron chi connectivity index (χ4n) is 3.45. The number of hydrazine groups is 1. The lowest BCUT2D eigenvalue weighted by Crippen LogP contribution is -2.44. The summed E-state index contributed by atoms with van der Waals surface area (Å²) in [5.41, 5.74) is 6.38. The minimum absolute atomic E-state index is 0.313. The molecule has 2 aromatic rings. The fourth-order valence-corrected chi connectivity index (χ4v) is 4.63. The average molecular weight is 424 g/mol. The maximum atomic E-state index is 12.8. The van der Waals surface area contributed by atoms with E-state index in [0.29, 0.717) is 14.8 Å². The second kappa shape index (κ2) is 8.39. The van der Waals surface area contributed by atoms with Gasteiger partial charge in [-0.2, -0.15) is 5.01 Å². The molecule has 0 aromatic heterocycles. The third-order valence-corrected chi connectivity index (χ3v) is 6.36. The fraction of sp³-hybridized carbons (Fsp3) is 0.227. The Balaban J connectivity index is 1.51. The predicted octanol–water partition coefficient (Wildman–Crippen LogP) is 4.14. The molecular weight excluding hydrogens is 402 g/mol. The molecule has 2 amide bonds. The van der Waals surface area contributed by atoms with Crippen molar-refractivity contribution in [2.24, 2.45) is 0 Å². The molecule has 0 saturated carbocycles. The zero-order valence-electron chi connectivity index (χ0n) is 16.1. The van der Waals surface area contributed by atoms with E-state index in [2.05, 4.69) is 22.5 Å². The van der Waals surface area contributed by atoms with Crippen LogP contribution in [0.1, 0.15) is 34.3 Å².